The molecule has 1 aromatic heterocycles. The van der Waals surface area contributed by atoms with Crippen LogP contribution in [0, 0.1) is 12.7 Å². The van der Waals surface area contributed by atoms with Crippen molar-refractivity contribution in [2.45, 2.75) is 38.0 Å². The minimum atomic E-state index is -0.442. The lowest BCUT2D eigenvalue weighted by Gasteiger charge is -2.30. The Morgan fingerprint density at radius 3 is 2.58 bits per heavy atom. The van der Waals surface area contributed by atoms with E-state index in [1.54, 1.807) is 19.1 Å². The van der Waals surface area contributed by atoms with Crippen LogP contribution in [0.3, 0.4) is 0 Å². The smallest absolute Gasteiger partial charge is 0.263 e. The second kappa shape index (κ2) is 6.55. The molecule has 0 atom stereocenters. The van der Waals surface area contributed by atoms with E-state index in [0.717, 1.165) is 31.2 Å². The fraction of sp³-hybridized carbons (Fsp3) is 0.389. The largest absolute Gasteiger partial charge is 0.351 e. The van der Waals surface area contributed by atoms with Crippen LogP contribution >= 0.6 is 0 Å². The number of hydrogen-bond donors (Lipinski definition) is 2. The number of rotatable bonds is 4. The van der Waals surface area contributed by atoms with Gasteiger partial charge in [0.05, 0.1) is 0 Å². The van der Waals surface area contributed by atoms with Gasteiger partial charge in [-0.1, -0.05) is 25.0 Å². The summed E-state index contributed by atoms with van der Waals surface area (Å²) in [6, 6.07) is 6.47. The zero-order valence-electron chi connectivity index (χ0n) is 13.6. The van der Waals surface area contributed by atoms with Crippen LogP contribution in [0.1, 0.15) is 47.4 Å². The molecule has 5 nitrogen and oxygen atoms in total. The number of nitrogens with zero attached hydrogens (tertiary/aromatic N) is 1. The fourth-order valence-corrected chi connectivity index (χ4v) is 3.41. The zero-order valence-corrected chi connectivity index (χ0v) is 13.6. The van der Waals surface area contributed by atoms with Gasteiger partial charge >= 0.3 is 0 Å². The first kappa shape index (κ1) is 16.4. The molecule has 1 aromatic carbocycles. The summed E-state index contributed by atoms with van der Waals surface area (Å²) in [5, 5.41) is 2.86. The van der Waals surface area contributed by atoms with Crippen molar-refractivity contribution in [3.05, 3.63) is 63.6 Å². The number of aromatic nitrogens is 2. The molecule has 1 fully saturated rings. The molecule has 1 aliphatic carbocycles. The Morgan fingerprint density at radius 2 is 1.96 bits per heavy atom. The minimum Gasteiger partial charge on any atom is -0.351 e. The SMILES string of the molecule is Cc1ncc(C(=O)NCC2(c3ccc(F)cc3)CCCC2)c(=O)[nH]1. The lowest BCUT2D eigenvalue weighted by Crippen LogP contribution is -2.40. The number of benzene rings is 1. The van der Waals surface area contributed by atoms with Gasteiger partial charge in [0.1, 0.15) is 17.2 Å². The van der Waals surface area contributed by atoms with Gasteiger partial charge in [-0.3, -0.25) is 9.59 Å². The summed E-state index contributed by atoms with van der Waals surface area (Å²) in [5.41, 5.74) is 0.390. The van der Waals surface area contributed by atoms with Gasteiger partial charge in [-0.25, -0.2) is 9.37 Å². The van der Waals surface area contributed by atoms with Gasteiger partial charge in [-0.15, -0.1) is 0 Å². The molecule has 24 heavy (non-hydrogen) atoms. The number of H-pyrrole nitrogens is 1. The maximum absolute atomic E-state index is 13.2. The van der Waals surface area contributed by atoms with E-state index in [0.29, 0.717) is 12.4 Å². The number of hydrogen-bond acceptors (Lipinski definition) is 3. The third kappa shape index (κ3) is 3.22. The molecule has 0 saturated heterocycles. The molecule has 0 unspecified atom stereocenters. The lowest BCUT2D eigenvalue weighted by atomic mass is 9.78. The van der Waals surface area contributed by atoms with Crippen molar-refractivity contribution in [3.8, 4) is 0 Å². The molecule has 3 rings (SSSR count). The second-order valence-corrected chi connectivity index (χ2v) is 6.39. The summed E-state index contributed by atoms with van der Waals surface area (Å²) in [7, 11) is 0. The molecule has 1 saturated carbocycles. The topological polar surface area (TPSA) is 74.8 Å². The van der Waals surface area contributed by atoms with E-state index in [4.69, 9.17) is 0 Å². The predicted molar refractivity (Wildman–Crippen MR) is 88.5 cm³/mol. The van der Waals surface area contributed by atoms with Gasteiger partial charge in [-0.05, 0) is 37.5 Å². The monoisotopic (exact) mass is 329 g/mol. The van der Waals surface area contributed by atoms with Crippen LogP contribution in [0.15, 0.2) is 35.3 Å². The van der Waals surface area contributed by atoms with Crippen LogP contribution in [0.4, 0.5) is 4.39 Å². The number of carbonyl (C=O) groups excluding carboxylic acids is 1. The third-order valence-corrected chi connectivity index (χ3v) is 4.78. The van der Waals surface area contributed by atoms with Crippen molar-refractivity contribution in [2.24, 2.45) is 0 Å². The molecular formula is C18H20FN3O2. The Hall–Kier alpha value is -2.50. The van der Waals surface area contributed by atoms with Gasteiger partial charge in [0.25, 0.3) is 11.5 Å². The average molecular weight is 329 g/mol. The van der Waals surface area contributed by atoms with Gasteiger partial charge < -0.3 is 10.3 Å². The van der Waals surface area contributed by atoms with E-state index in [1.165, 1.54) is 18.3 Å². The Labute approximate surface area is 139 Å². The van der Waals surface area contributed by atoms with Crippen LogP contribution < -0.4 is 10.9 Å². The van der Waals surface area contributed by atoms with Crippen LogP contribution in [0.2, 0.25) is 0 Å². The number of halogens is 1. The van der Waals surface area contributed by atoms with E-state index < -0.39 is 11.5 Å². The summed E-state index contributed by atoms with van der Waals surface area (Å²) in [6.07, 6.45) is 5.30. The Bertz CT molecular complexity index is 793. The van der Waals surface area contributed by atoms with Crippen molar-refractivity contribution in [3.63, 3.8) is 0 Å². The maximum Gasteiger partial charge on any atom is 0.263 e. The molecular weight excluding hydrogens is 309 g/mol. The number of nitrogens with one attached hydrogen (secondary N) is 2. The number of aryl methyl sites for hydroxylation is 1. The van der Waals surface area contributed by atoms with Gasteiger partial charge in [0.15, 0.2) is 0 Å². The summed E-state index contributed by atoms with van der Waals surface area (Å²) in [6.45, 7) is 2.08. The molecule has 126 valence electrons. The molecule has 0 radical (unpaired) electrons. The second-order valence-electron chi connectivity index (χ2n) is 6.39. The predicted octanol–water partition coefficient (Wildman–Crippen LogP) is 2.46. The Morgan fingerprint density at radius 1 is 1.29 bits per heavy atom. The average Bonchev–Trinajstić information content (AvgIpc) is 3.03. The number of amides is 1. The number of carbonyl (C=O) groups is 1. The van der Waals surface area contributed by atoms with Gasteiger partial charge in [-0.2, -0.15) is 0 Å². The normalized spacial score (nSPS) is 16.1. The summed E-state index contributed by atoms with van der Waals surface area (Å²) >= 11 is 0. The molecule has 0 aliphatic heterocycles. The zero-order chi connectivity index (χ0) is 17.2. The first-order chi connectivity index (χ1) is 11.5. The lowest BCUT2D eigenvalue weighted by molar-refractivity contribution is 0.0941. The van der Waals surface area contributed by atoms with E-state index in [9.17, 15) is 14.0 Å². The van der Waals surface area contributed by atoms with E-state index in [-0.39, 0.29) is 16.8 Å². The first-order valence-corrected chi connectivity index (χ1v) is 8.10. The highest BCUT2D eigenvalue weighted by Gasteiger charge is 2.36. The van der Waals surface area contributed by atoms with Crippen LogP contribution in [0.25, 0.3) is 0 Å². The number of aromatic amines is 1. The van der Waals surface area contributed by atoms with Crippen molar-refractivity contribution in [1.29, 1.82) is 0 Å². The Balaban J connectivity index is 1.78. The van der Waals surface area contributed by atoms with Crippen LogP contribution in [0.5, 0.6) is 0 Å². The summed E-state index contributed by atoms with van der Waals surface area (Å²) in [4.78, 5) is 30.7. The highest BCUT2D eigenvalue weighted by atomic mass is 19.1. The van der Waals surface area contributed by atoms with Crippen molar-refractivity contribution in [1.82, 2.24) is 15.3 Å². The molecule has 1 amide bonds. The van der Waals surface area contributed by atoms with E-state index >= 15 is 0 Å². The van der Waals surface area contributed by atoms with Crippen LogP contribution in [-0.4, -0.2) is 22.4 Å². The molecule has 0 bridgehead atoms. The van der Waals surface area contributed by atoms with Crippen molar-refractivity contribution in [2.75, 3.05) is 6.54 Å². The highest BCUT2D eigenvalue weighted by Crippen LogP contribution is 2.40. The summed E-state index contributed by atoms with van der Waals surface area (Å²) in [5.74, 6) is -0.236. The van der Waals surface area contributed by atoms with Gasteiger partial charge in [0, 0.05) is 18.2 Å². The molecule has 0 spiro atoms. The quantitative estimate of drug-likeness (QED) is 0.905. The Kier molecular flexibility index (Phi) is 4.46. The highest BCUT2D eigenvalue weighted by molar-refractivity contribution is 5.93. The summed E-state index contributed by atoms with van der Waals surface area (Å²) < 4.78 is 13.2. The standard InChI is InChI=1S/C18H20FN3O2/c1-12-20-10-15(17(24)22-12)16(23)21-11-18(8-2-3-9-18)13-4-6-14(19)7-5-13/h4-7,10H,2-3,8-9,11H2,1H3,(H,21,23)(H,20,22,24). The molecule has 2 aromatic rings. The van der Waals surface area contributed by atoms with E-state index in [1.807, 2.05) is 0 Å². The maximum atomic E-state index is 13.2. The molecule has 2 N–H and O–H groups in total. The first-order valence-electron chi connectivity index (χ1n) is 8.10. The van der Waals surface area contributed by atoms with Crippen molar-refractivity contribution >= 4 is 5.91 Å². The van der Waals surface area contributed by atoms with Gasteiger partial charge in [0.2, 0.25) is 0 Å². The minimum absolute atomic E-state index is 0.00727. The molecule has 1 heterocycles. The fourth-order valence-electron chi connectivity index (χ4n) is 3.41. The van der Waals surface area contributed by atoms with Crippen molar-refractivity contribution < 1.29 is 9.18 Å². The van der Waals surface area contributed by atoms with E-state index in [2.05, 4.69) is 15.3 Å². The molecule has 1 aliphatic rings. The molecule has 6 heteroatoms. The third-order valence-electron chi connectivity index (χ3n) is 4.78. The van der Waals surface area contributed by atoms with Crippen LogP contribution in [-0.2, 0) is 5.41 Å².